The molecule has 0 fully saturated rings. The van der Waals surface area contributed by atoms with Crippen LogP contribution >= 0.6 is 0 Å². The Morgan fingerprint density at radius 2 is 1.44 bits per heavy atom. The molecule has 3 aromatic carbocycles. The number of anilines is 4. The van der Waals surface area contributed by atoms with Crippen LogP contribution in [0.3, 0.4) is 0 Å². The largest absolute Gasteiger partial charge is 0.337 e. The number of aryl methyl sites for hydroxylation is 2. The number of nitro benzene ring substituents is 1. The molecule has 0 radical (unpaired) electrons. The van der Waals surface area contributed by atoms with Gasteiger partial charge in [0.05, 0.1) is 27.3 Å². The molecule has 2 N–H and O–H groups in total. The molecule has 0 unspecified atom stereocenters. The quantitative estimate of drug-likeness (QED) is 0.247. The Kier molecular flexibility index (Phi) is 5.35. The van der Waals surface area contributed by atoms with Crippen molar-refractivity contribution < 1.29 is 4.92 Å². The van der Waals surface area contributed by atoms with Gasteiger partial charge in [-0.1, -0.05) is 29.8 Å². The van der Waals surface area contributed by atoms with E-state index in [1.54, 1.807) is 16.8 Å². The van der Waals surface area contributed by atoms with Gasteiger partial charge in [-0.2, -0.15) is 5.10 Å². The number of nitrogens with zero attached hydrogens (tertiary/aromatic N) is 5. The van der Waals surface area contributed by atoms with Crippen molar-refractivity contribution in [3.63, 3.8) is 0 Å². The van der Waals surface area contributed by atoms with E-state index in [1.807, 2.05) is 68.4 Å². The molecule has 0 aliphatic heterocycles. The Labute approximate surface area is 195 Å². The van der Waals surface area contributed by atoms with Crippen LogP contribution in [0.25, 0.3) is 16.7 Å². The molecule has 0 aliphatic rings. The number of fused-ring (bicyclic) bond motifs is 1. The van der Waals surface area contributed by atoms with Gasteiger partial charge < -0.3 is 10.6 Å². The summed E-state index contributed by atoms with van der Waals surface area (Å²) < 4.78 is 1.69. The first-order valence-corrected chi connectivity index (χ1v) is 10.7. The van der Waals surface area contributed by atoms with Crippen molar-refractivity contribution in [2.75, 3.05) is 10.6 Å². The van der Waals surface area contributed by atoms with E-state index in [1.165, 1.54) is 12.1 Å². The van der Waals surface area contributed by atoms with E-state index in [-0.39, 0.29) is 5.69 Å². The third kappa shape index (κ3) is 4.26. The lowest BCUT2D eigenvalue weighted by atomic mass is 10.2. The highest BCUT2D eigenvalue weighted by atomic mass is 16.6. The third-order valence-corrected chi connectivity index (χ3v) is 5.27. The smallest absolute Gasteiger partial charge is 0.269 e. The monoisotopic (exact) mass is 451 g/mol. The zero-order chi connectivity index (χ0) is 23.7. The summed E-state index contributed by atoms with van der Waals surface area (Å²) in [5.74, 6) is 1.75. The van der Waals surface area contributed by atoms with Gasteiger partial charge in [0.2, 0.25) is 0 Å². The molecule has 0 atom stereocenters. The predicted octanol–water partition coefficient (Wildman–Crippen LogP) is 5.83. The van der Waals surface area contributed by atoms with Gasteiger partial charge >= 0.3 is 0 Å². The molecule has 0 bridgehead atoms. The summed E-state index contributed by atoms with van der Waals surface area (Å²) in [6, 6.07) is 23.8. The number of para-hydroxylation sites is 2. The molecule has 5 aromatic rings. The van der Waals surface area contributed by atoms with Gasteiger partial charge in [-0.25, -0.2) is 14.6 Å². The van der Waals surface area contributed by atoms with Gasteiger partial charge in [-0.05, 0) is 50.2 Å². The van der Waals surface area contributed by atoms with Crippen LogP contribution in [-0.4, -0.2) is 24.7 Å². The van der Waals surface area contributed by atoms with Gasteiger partial charge in [-0.3, -0.25) is 10.1 Å². The lowest BCUT2D eigenvalue weighted by Gasteiger charge is -2.14. The van der Waals surface area contributed by atoms with Crippen LogP contribution in [0.15, 0.2) is 78.9 Å². The fraction of sp³-hybridized carbons (Fsp3) is 0.0800. The van der Waals surface area contributed by atoms with Crippen molar-refractivity contribution in [3.8, 4) is 5.69 Å². The molecule has 2 aromatic heterocycles. The van der Waals surface area contributed by atoms with E-state index in [4.69, 9.17) is 9.97 Å². The fourth-order valence-corrected chi connectivity index (χ4v) is 3.57. The molecule has 0 spiro atoms. The minimum atomic E-state index is -0.426. The second-order valence-electron chi connectivity index (χ2n) is 7.88. The molecule has 0 amide bonds. The van der Waals surface area contributed by atoms with Crippen LogP contribution in [0, 0.1) is 24.0 Å². The zero-order valence-corrected chi connectivity index (χ0v) is 18.6. The normalized spacial score (nSPS) is 10.9. The van der Waals surface area contributed by atoms with E-state index in [0.717, 1.165) is 28.0 Å². The Hall–Kier alpha value is -4.79. The van der Waals surface area contributed by atoms with Gasteiger partial charge in [-0.15, -0.1) is 0 Å². The number of nitro groups is 1. The first kappa shape index (κ1) is 21.1. The average molecular weight is 451 g/mol. The summed E-state index contributed by atoms with van der Waals surface area (Å²) in [7, 11) is 0. The van der Waals surface area contributed by atoms with Crippen molar-refractivity contribution in [2.45, 2.75) is 13.8 Å². The summed E-state index contributed by atoms with van der Waals surface area (Å²) in [5.41, 5.74) is 5.05. The van der Waals surface area contributed by atoms with Crippen LogP contribution in [0.5, 0.6) is 0 Å². The summed E-state index contributed by atoms with van der Waals surface area (Å²) >= 11 is 0. The van der Waals surface area contributed by atoms with Gasteiger partial charge in [0.15, 0.2) is 11.6 Å². The van der Waals surface area contributed by atoms with E-state index < -0.39 is 4.92 Å². The topological polar surface area (TPSA) is 111 Å². The molecule has 0 aliphatic carbocycles. The maximum Gasteiger partial charge on any atom is 0.269 e. The molecule has 5 rings (SSSR count). The number of nitrogens with one attached hydrogen (secondary N) is 2. The molecular weight excluding hydrogens is 430 g/mol. The first-order valence-electron chi connectivity index (χ1n) is 10.7. The maximum absolute atomic E-state index is 11.0. The molecule has 9 nitrogen and oxygen atoms in total. The Bertz CT molecular complexity index is 1490. The Balaban J connectivity index is 1.56. The van der Waals surface area contributed by atoms with E-state index in [0.29, 0.717) is 23.1 Å². The van der Waals surface area contributed by atoms with Crippen LogP contribution in [0.2, 0.25) is 0 Å². The number of benzene rings is 3. The lowest BCUT2D eigenvalue weighted by Crippen LogP contribution is -2.07. The summed E-state index contributed by atoms with van der Waals surface area (Å²) in [4.78, 5) is 20.2. The highest BCUT2D eigenvalue weighted by molar-refractivity contribution is 5.83. The van der Waals surface area contributed by atoms with Crippen molar-refractivity contribution in [1.82, 2.24) is 19.7 Å². The summed E-state index contributed by atoms with van der Waals surface area (Å²) in [6.07, 6.45) is 0. The van der Waals surface area contributed by atoms with Crippen molar-refractivity contribution in [2.24, 2.45) is 0 Å². The number of hydrogen-bond donors (Lipinski definition) is 2. The van der Waals surface area contributed by atoms with Gasteiger partial charge in [0.25, 0.3) is 5.69 Å². The second-order valence-corrected chi connectivity index (χ2v) is 7.88. The van der Waals surface area contributed by atoms with Crippen LogP contribution < -0.4 is 10.6 Å². The molecule has 9 heteroatoms. The number of hydrogen-bond acceptors (Lipinski definition) is 7. The minimum Gasteiger partial charge on any atom is -0.337 e. The Morgan fingerprint density at radius 3 is 2.06 bits per heavy atom. The highest BCUT2D eigenvalue weighted by Crippen LogP contribution is 2.29. The minimum absolute atomic E-state index is 0.0205. The lowest BCUT2D eigenvalue weighted by molar-refractivity contribution is -0.384. The standard InChI is InChI=1S/C25H21N7O2/c1-16-7-9-18(10-8-16)26-24-25(28-22-6-4-3-5-21(22)27-24)29-23-15-17(2)30-31(23)19-11-13-20(14-12-19)32(33)34/h3-15H,1-2H3,(H,26,27)(H,28,29). The van der Waals surface area contributed by atoms with E-state index in [2.05, 4.69) is 15.7 Å². The molecule has 168 valence electrons. The van der Waals surface area contributed by atoms with Crippen LogP contribution in [0.1, 0.15) is 11.3 Å². The SMILES string of the molecule is Cc1ccc(Nc2nc3ccccc3nc2Nc2cc(C)nn2-c2ccc([N+](=O)[O-])cc2)cc1. The van der Waals surface area contributed by atoms with Crippen molar-refractivity contribution >= 4 is 39.9 Å². The van der Waals surface area contributed by atoms with Crippen LogP contribution in [-0.2, 0) is 0 Å². The average Bonchev–Trinajstić information content (AvgIpc) is 3.20. The molecular formula is C25H21N7O2. The molecule has 0 saturated carbocycles. The predicted molar refractivity (Wildman–Crippen MR) is 132 cm³/mol. The second kappa shape index (κ2) is 8.62. The highest BCUT2D eigenvalue weighted by Gasteiger charge is 2.15. The van der Waals surface area contributed by atoms with Gasteiger partial charge in [0.1, 0.15) is 5.82 Å². The number of rotatable bonds is 6. The number of aromatic nitrogens is 4. The maximum atomic E-state index is 11.0. The number of non-ortho nitro benzene ring substituents is 1. The molecule has 2 heterocycles. The summed E-state index contributed by atoms with van der Waals surface area (Å²) in [5, 5.41) is 22.3. The van der Waals surface area contributed by atoms with Gasteiger partial charge in [0, 0.05) is 23.9 Å². The fourth-order valence-electron chi connectivity index (χ4n) is 3.57. The Morgan fingerprint density at radius 1 is 0.824 bits per heavy atom. The molecule has 0 saturated heterocycles. The van der Waals surface area contributed by atoms with Crippen molar-refractivity contribution in [1.29, 1.82) is 0 Å². The van der Waals surface area contributed by atoms with E-state index >= 15 is 0 Å². The van der Waals surface area contributed by atoms with Crippen molar-refractivity contribution in [3.05, 3.63) is 100 Å². The zero-order valence-electron chi connectivity index (χ0n) is 18.6. The first-order chi connectivity index (χ1) is 16.5. The molecule has 34 heavy (non-hydrogen) atoms. The van der Waals surface area contributed by atoms with E-state index in [9.17, 15) is 10.1 Å². The van der Waals surface area contributed by atoms with Crippen LogP contribution in [0.4, 0.5) is 28.8 Å². The summed E-state index contributed by atoms with van der Waals surface area (Å²) in [6.45, 7) is 3.92. The third-order valence-electron chi connectivity index (χ3n) is 5.27.